The maximum atomic E-state index is 13.5. The molecule has 1 aromatic carbocycles. The van der Waals surface area contributed by atoms with Gasteiger partial charge in [0.05, 0.1) is 19.2 Å². The summed E-state index contributed by atoms with van der Waals surface area (Å²) in [5.41, 5.74) is -0.196. The zero-order chi connectivity index (χ0) is 25.3. The molecule has 0 aliphatic rings. The van der Waals surface area contributed by atoms with Crippen molar-refractivity contribution in [3.8, 4) is 11.6 Å². The van der Waals surface area contributed by atoms with Gasteiger partial charge in [-0.3, -0.25) is 23.3 Å². The van der Waals surface area contributed by atoms with E-state index >= 15 is 0 Å². The van der Waals surface area contributed by atoms with Crippen LogP contribution >= 0.6 is 0 Å². The largest absolute Gasteiger partial charge is 0.497 e. The van der Waals surface area contributed by atoms with Crippen LogP contribution in [-0.4, -0.2) is 35.3 Å². The lowest BCUT2D eigenvalue weighted by molar-refractivity contribution is 0.414. The molecule has 0 saturated carbocycles. The monoisotopic (exact) mass is 481 g/mol. The van der Waals surface area contributed by atoms with Gasteiger partial charge in [0, 0.05) is 13.1 Å². The van der Waals surface area contributed by atoms with Gasteiger partial charge in [-0.2, -0.15) is 4.98 Å². The molecule has 0 aliphatic carbocycles. The maximum Gasteiger partial charge on any atom is 0.332 e. The molecule has 10 heteroatoms. The molecule has 0 radical (unpaired) electrons. The first kappa shape index (κ1) is 24.3. The number of nitrogens with zero attached hydrogens (tertiary/aromatic N) is 5. The molecule has 3 aromatic heterocycles. The van der Waals surface area contributed by atoms with E-state index in [2.05, 4.69) is 4.98 Å². The first-order valence-electron chi connectivity index (χ1n) is 11.9. The van der Waals surface area contributed by atoms with Crippen LogP contribution in [0.2, 0.25) is 0 Å². The molecule has 10 nitrogen and oxygen atoms in total. The van der Waals surface area contributed by atoms with Gasteiger partial charge >= 0.3 is 5.69 Å². The number of aryl methyl sites for hydroxylation is 1. The van der Waals surface area contributed by atoms with Crippen molar-refractivity contribution in [2.75, 3.05) is 7.11 Å². The molecule has 186 valence electrons. The number of hydrogen-bond donors (Lipinski definition) is 1. The Kier molecular flexibility index (Phi) is 6.81. The Balaban J connectivity index is 2.07. The maximum absolute atomic E-state index is 13.5. The van der Waals surface area contributed by atoms with Gasteiger partial charge in [0.1, 0.15) is 5.75 Å². The van der Waals surface area contributed by atoms with E-state index in [1.54, 1.807) is 19.2 Å². The molecule has 0 unspecified atom stereocenters. The Morgan fingerprint density at radius 3 is 2.14 bits per heavy atom. The molecule has 4 rings (SSSR count). The molecular weight excluding hydrogens is 450 g/mol. The number of fused-ring (bicyclic) bond motifs is 3. The fourth-order valence-corrected chi connectivity index (χ4v) is 4.25. The van der Waals surface area contributed by atoms with Crippen LogP contribution in [0.3, 0.4) is 0 Å². The van der Waals surface area contributed by atoms with E-state index < -0.39 is 16.8 Å². The molecule has 0 saturated heterocycles. The fourth-order valence-electron chi connectivity index (χ4n) is 4.25. The van der Waals surface area contributed by atoms with Crippen molar-refractivity contribution in [3.05, 3.63) is 66.6 Å². The molecule has 3 heterocycles. The summed E-state index contributed by atoms with van der Waals surface area (Å²) >= 11 is 0. The van der Waals surface area contributed by atoms with Crippen molar-refractivity contribution in [3.63, 3.8) is 0 Å². The number of imidazole rings is 1. The van der Waals surface area contributed by atoms with Crippen molar-refractivity contribution in [1.29, 1.82) is 0 Å². The Bertz CT molecular complexity index is 1560. The van der Waals surface area contributed by atoms with Crippen LogP contribution < -0.4 is 21.5 Å². The van der Waals surface area contributed by atoms with Crippen molar-refractivity contribution in [2.24, 2.45) is 0 Å². The third-order valence-electron chi connectivity index (χ3n) is 6.33. The SMILES string of the molecule is CCCCn1c(=O)c2c(nc3n(Cc4ccc(OC)cc4)c(=O)c(C)c(O)n23)n(CCCC)c1=O. The molecule has 0 bridgehead atoms. The third-order valence-corrected chi connectivity index (χ3v) is 6.33. The number of aromatic nitrogens is 5. The lowest BCUT2D eigenvalue weighted by atomic mass is 10.2. The van der Waals surface area contributed by atoms with E-state index in [9.17, 15) is 19.5 Å². The van der Waals surface area contributed by atoms with E-state index in [0.29, 0.717) is 18.7 Å². The van der Waals surface area contributed by atoms with Gasteiger partial charge in [0.2, 0.25) is 11.7 Å². The van der Waals surface area contributed by atoms with Gasteiger partial charge in [-0.15, -0.1) is 0 Å². The lowest BCUT2D eigenvalue weighted by Crippen LogP contribution is -2.40. The molecule has 4 aromatic rings. The van der Waals surface area contributed by atoms with Crippen molar-refractivity contribution in [2.45, 2.75) is 66.1 Å². The zero-order valence-electron chi connectivity index (χ0n) is 20.6. The van der Waals surface area contributed by atoms with Gasteiger partial charge in [0.25, 0.3) is 11.1 Å². The Morgan fingerprint density at radius 1 is 0.914 bits per heavy atom. The van der Waals surface area contributed by atoms with E-state index in [4.69, 9.17) is 4.74 Å². The number of rotatable bonds is 9. The summed E-state index contributed by atoms with van der Waals surface area (Å²) in [7, 11) is 1.58. The van der Waals surface area contributed by atoms with Crippen LogP contribution in [0.5, 0.6) is 11.6 Å². The minimum absolute atomic E-state index is 0.0934. The van der Waals surface area contributed by atoms with E-state index in [1.807, 2.05) is 26.0 Å². The van der Waals surface area contributed by atoms with Gasteiger partial charge in [-0.25, -0.2) is 9.20 Å². The van der Waals surface area contributed by atoms with Crippen LogP contribution in [-0.2, 0) is 19.6 Å². The quantitative estimate of drug-likeness (QED) is 0.393. The first-order chi connectivity index (χ1) is 16.8. The normalized spacial score (nSPS) is 11.5. The summed E-state index contributed by atoms with van der Waals surface area (Å²) in [5, 5.41) is 11.0. The summed E-state index contributed by atoms with van der Waals surface area (Å²) in [6.45, 7) is 6.33. The average Bonchev–Trinajstić information content (AvgIpc) is 3.26. The van der Waals surface area contributed by atoms with Gasteiger partial charge in [-0.1, -0.05) is 38.8 Å². The number of hydrogen-bond acceptors (Lipinski definition) is 6. The zero-order valence-corrected chi connectivity index (χ0v) is 20.6. The molecule has 1 N–H and O–H groups in total. The molecule has 0 fully saturated rings. The van der Waals surface area contributed by atoms with Crippen LogP contribution in [0.4, 0.5) is 0 Å². The Morgan fingerprint density at radius 2 is 1.54 bits per heavy atom. The summed E-state index contributed by atoms with van der Waals surface area (Å²) in [6.07, 6.45) is 3.05. The Hall–Kier alpha value is -3.82. The van der Waals surface area contributed by atoms with Gasteiger partial charge in [-0.05, 0) is 37.5 Å². The summed E-state index contributed by atoms with van der Waals surface area (Å²) in [4.78, 5) is 44.6. The summed E-state index contributed by atoms with van der Waals surface area (Å²) < 4.78 is 10.6. The smallest absolute Gasteiger partial charge is 0.332 e. The highest BCUT2D eigenvalue weighted by Gasteiger charge is 2.24. The second kappa shape index (κ2) is 9.81. The lowest BCUT2D eigenvalue weighted by Gasteiger charge is -2.12. The highest BCUT2D eigenvalue weighted by molar-refractivity contribution is 5.76. The van der Waals surface area contributed by atoms with Crippen LogP contribution in [0, 0.1) is 6.92 Å². The molecule has 35 heavy (non-hydrogen) atoms. The first-order valence-corrected chi connectivity index (χ1v) is 11.9. The molecule has 0 spiro atoms. The number of methoxy groups -OCH3 is 1. The van der Waals surface area contributed by atoms with Crippen molar-refractivity contribution in [1.82, 2.24) is 23.1 Å². The van der Waals surface area contributed by atoms with Gasteiger partial charge in [0.15, 0.2) is 11.2 Å². The van der Waals surface area contributed by atoms with Crippen LogP contribution in [0.25, 0.3) is 16.9 Å². The van der Waals surface area contributed by atoms with Gasteiger partial charge < -0.3 is 9.84 Å². The highest BCUT2D eigenvalue weighted by Crippen LogP contribution is 2.22. The minimum Gasteiger partial charge on any atom is -0.497 e. The molecule has 0 atom stereocenters. The summed E-state index contributed by atoms with van der Waals surface area (Å²) in [5.74, 6) is 0.449. The fraction of sp³-hybridized carbons (Fsp3) is 0.440. The van der Waals surface area contributed by atoms with Crippen LogP contribution in [0.1, 0.15) is 50.7 Å². The number of aromatic hydroxyl groups is 1. The predicted octanol–water partition coefficient (Wildman–Crippen LogP) is 2.64. The second-order valence-corrected chi connectivity index (χ2v) is 8.71. The van der Waals surface area contributed by atoms with E-state index in [-0.39, 0.29) is 41.5 Å². The minimum atomic E-state index is -0.525. The average molecular weight is 482 g/mol. The molecule has 0 aliphatic heterocycles. The van der Waals surface area contributed by atoms with Crippen molar-refractivity contribution < 1.29 is 9.84 Å². The standard InChI is InChI=1S/C25H31N5O5/c1-5-7-13-27-20-19(23(33)28(25(27)34)14-8-6-2)30-22(32)16(3)21(31)29(24(30)26-20)15-17-9-11-18(35-4)12-10-17/h9-12,32H,5-8,13-15H2,1-4H3. The van der Waals surface area contributed by atoms with Crippen molar-refractivity contribution >= 4 is 16.9 Å². The Labute approximate surface area is 201 Å². The highest BCUT2D eigenvalue weighted by atomic mass is 16.5. The topological polar surface area (TPSA) is 113 Å². The van der Waals surface area contributed by atoms with E-state index in [1.165, 1.54) is 25.0 Å². The predicted molar refractivity (Wildman–Crippen MR) is 134 cm³/mol. The molecule has 0 amide bonds. The second-order valence-electron chi connectivity index (χ2n) is 8.71. The van der Waals surface area contributed by atoms with Crippen LogP contribution in [0.15, 0.2) is 38.6 Å². The number of ether oxygens (including phenoxy) is 1. The summed E-state index contributed by atoms with van der Waals surface area (Å²) in [6, 6.07) is 7.26. The third kappa shape index (κ3) is 4.13. The number of unbranched alkanes of at least 4 members (excludes halogenated alkanes) is 2. The van der Waals surface area contributed by atoms with E-state index in [0.717, 1.165) is 24.8 Å². The number of benzene rings is 1. The molecular formula is C25H31N5O5.